The molecule has 14 heavy (non-hydrogen) atoms. The summed E-state index contributed by atoms with van der Waals surface area (Å²) in [5.74, 6) is -0.141. The van der Waals surface area contributed by atoms with E-state index in [-0.39, 0.29) is 6.54 Å². The largest absolute Gasteiger partial charge is 0.383 e. The molecule has 2 heterocycles. The molecule has 0 aromatic carbocycles. The third kappa shape index (κ3) is 1.24. The molecular weight excluding hydrogens is 184 g/mol. The van der Waals surface area contributed by atoms with E-state index in [4.69, 9.17) is 11.5 Å². The van der Waals surface area contributed by atoms with Crippen LogP contribution in [0.15, 0.2) is 12.5 Å². The fourth-order valence-electron chi connectivity index (χ4n) is 1.17. The number of hydrogen-bond acceptors (Lipinski definition) is 5. The molecule has 1 amide bonds. The van der Waals surface area contributed by atoms with Gasteiger partial charge in [0.25, 0.3) is 0 Å². The highest BCUT2D eigenvalue weighted by atomic mass is 16.1. The second kappa shape index (κ2) is 2.95. The zero-order valence-electron chi connectivity index (χ0n) is 7.21. The smallest absolute Gasteiger partial charge is 0.239 e. The summed E-state index contributed by atoms with van der Waals surface area (Å²) >= 11 is 0. The summed E-state index contributed by atoms with van der Waals surface area (Å²) < 4.78 is 1.38. The Kier molecular flexibility index (Phi) is 1.77. The maximum absolute atomic E-state index is 10.7. The Balaban J connectivity index is 2.58. The fraction of sp³-hybridized carbons (Fsp3) is 0.143. The normalized spacial score (nSPS) is 10.6. The minimum atomic E-state index is -0.479. The van der Waals surface area contributed by atoms with Crippen LogP contribution in [0.3, 0.4) is 0 Å². The van der Waals surface area contributed by atoms with Crippen molar-refractivity contribution in [3.8, 4) is 0 Å². The quantitative estimate of drug-likeness (QED) is 0.626. The molecule has 72 valence electrons. The van der Waals surface area contributed by atoms with E-state index in [9.17, 15) is 4.79 Å². The van der Waals surface area contributed by atoms with Gasteiger partial charge in [-0.25, -0.2) is 14.6 Å². The Morgan fingerprint density at radius 2 is 2.29 bits per heavy atom. The van der Waals surface area contributed by atoms with Crippen molar-refractivity contribution >= 4 is 22.8 Å². The molecule has 7 nitrogen and oxygen atoms in total. The van der Waals surface area contributed by atoms with Gasteiger partial charge >= 0.3 is 0 Å². The molecule has 0 aliphatic carbocycles. The Morgan fingerprint density at radius 1 is 1.50 bits per heavy atom. The van der Waals surface area contributed by atoms with Crippen molar-refractivity contribution in [2.45, 2.75) is 6.54 Å². The number of nitrogens with zero attached hydrogens (tertiary/aromatic N) is 4. The summed E-state index contributed by atoms with van der Waals surface area (Å²) in [7, 11) is 0. The van der Waals surface area contributed by atoms with Gasteiger partial charge in [-0.1, -0.05) is 0 Å². The van der Waals surface area contributed by atoms with Crippen molar-refractivity contribution in [1.29, 1.82) is 0 Å². The van der Waals surface area contributed by atoms with E-state index < -0.39 is 5.91 Å². The van der Waals surface area contributed by atoms with Gasteiger partial charge in [-0.3, -0.25) is 4.79 Å². The summed E-state index contributed by atoms with van der Waals surface area (Å²) in [6, 6.07) is 0. The first kappa shape index (κ1) is 8.42. The Morgan fingerprint density at radius 3 is 3.00 bits per heavy atom. The van der Waals surface area contributed by atoms with Crippen LogP contribution in [-0.4, -0.2) is 25.7 Å². The molecule has 2 aromatic heterocycles. The van der Waals surface area contributed by atoms with E-state index >= 15 is 0 Å². The van der Waals surface area contributed by atoms with Crippen molar-refractivity contribution < 1.29 is 4.79 Å². The molecule has 4 N–H and O–H groups in total. The van der Waals surface area contributed by atoms with Crippen LogP contribution in [0.1, 0.15) is 0 Å². The molecule has 0 bridgehead atoms. The third-order valence-electron chi connectivity index (χ3n) is 1.77. The molecule has 2 aromatic rings. The number of hydrogen-bond donors (Lipinski definition) is 2. The van der Waals surface area contributed by atoms with Crippen molar-refractivity contribution in [3.05, 3.63) is 12.5 Å². The number of carbonyl (C=O) groups is 1. The maximum atomic E-state index is 10.7. The topological polar surface area (TPSA) is 113 Å². The Bertz CT molecular complexity index is 490. The molecule has 0 fully saturated rings. The number of nitrogens with two attached hydrogens (primary N) is 2. The number of amides is 1. The van der Waals surface area contributed by atoms with Gasteiger partial charge in [-0.15, -0.1) is 0 Å². The van der Waals surface area contributed by atoms with E-state index in [1.807, 2.05) is 0 Å². The SMILES string of the molecule is NC(=O)Cn1ncc2c(N)ncnc21. The summed E-state index contributed by atoms with van der Waals surface area (Å²) in [4.78, 5) is 18.4. The molecule has 0 radical (unpaired) electrons. The summed E-state index contributed by atoms with van der Waals surface area (Å²) in [5.41, 5.74) is 11.1. The van der Waals surface area contributed by atoms with Gasteiger partial charge in [-0.2, -0.15) is 5.10 Å². The number of aromatic nitrogens is 4. The van der Waals surface area contributed by atoms with Crippen LogP contribution in [0.4, 0.5) is 5.82 Å². The van der Waals surface area contributed by atoms with Gasteiger partial charge in [0.05, 0.1) is 11.6 Å². The standard InChI is InChI=1S/C7H8N6O/c8-5(14)2-13-7-4(1-12-13)6(9)10-3-11-7/h1,3H,2H2,(H2,8,14)(H2,9,10,11). The summed E-state index contributed by atoms with van der Waals surface area (Å²) in [6.07, 6.45) is 2.82. The second-order valence-corrected chi connectivity index (χ2v) is 2.76. The first-order valence-corrected chi connectivity index (χ1v) is 3.89. The average molecular weight is 192 g/mol. The average Bonchev–Trinajstić information content (AvgIpc) is 2.49. The first-order chi connectivity index (χ1) is 6.68. The number of fused-ring (bicyclic) bond motifs is 1. The van der Waals surface area contributed by atoms with E-state index in [2.05, 4.69) is 15.1 Å². The molecule has 7 heteroatoms. The van der Waals surface area contributed by atoms with Crippen molar-refractivity contribution in [2.75, 3.05) is 5.73 Å². The van der Waals surface area contributed by atoms with Crippen molar-refractivity contribution in [2.24, 2.45) is 5.73 Å². The van der Waals surface area contributed by atoms with Crippen LogP contribution in [0.5, 0.6) is 0 Å². The zero-order chi connectivity index (χ0) is 10.1. The van der Waals surface area contributed by atoms with E-state index in [1.54, 1.807) is 0 Å². The molecule has 0 unspecified atom stereocenters. The highest BCUT2D eigenvalue weighted by Gasteiger charge is 2.08. The van der Waals surface area contributed by atoms with E-state index in [0.29, 0.717) is 16.9 Å². The molecule has 0 atom stereocenters. The lowest BCUT2D eigenvalue weighted by molar-refractivity contribution is -0.118. The van der Waals surface area contributed by atoms with Gasteiger partial charge in [0.15, 0.2) is 5.65 Å². The van der Waals surface area contributed by atoms with Crippen molar-refractivity contribution in [3.63, 3.8) is 0 Å². The van der Waals surface area contributed by atoms with Gasteiger partial charge in [0.2, 0.25) is 5.91 Å². The van der Waals surface area contributed by atoms with Gasteiger partial charge in [0.1, 0.15) is 18.7 Å². The van der Waals surface area contributed by atoms with Crippen LogP contribution < -0.4 is 11.5 Å². The van der Waals surface area contributed by atoms with Crippen molar-refractivity contribution in [1.82, 2.24) is 19.7 Å². The van der Waals surface area contributed by atoms with Crippen LogP contribution >= 0.6 is 0 Å². The van der Waals surface area contributed by atoms with Gasteiger partial charge in [0, 0.05) is 0 Å². The zero-order valence-corrected chi connectivity index (χ0v) is 7.21. The maximum Gasteiger partial charge on any atom is 0.239 e. The van der Waals surface area contributed by atoms with Crippen LogP contribution in [0, 0.1) is 0 Å². The summed E-state index contributed by atoms with van der Waals surface area (Å²) in [5, 5.41) is 4.55. The molecule has 0 spiro atoms. The number of primary amides is 1. The Hall–Kier alpha value is -2.18. The highest BCUT2D eigenvalue weighted by Crippen LogP contribution is 2.14. The van der Waals surface area contributed by atoms with Crippen LogP contribution in [0.2, 0.25) is 0 Å². The minimum absolute atomic E-state index is 0.0139. The highest BCUT2D eigenvalue weighted by molar-refractivity contribution is 5.85. The van der Waals surface area contributed by atoms with Crippen LogP contribution in [0.25, 0.3) is 11.0 Å². The fourth-order valence-corrected chi connectivity index (χ4v) is 1.17. The molecule has 0 saturated carbocycles. The monoisotopic (exact) mass is 192 g/mol. The van der Waals surface area contributed by atoms with Crippen LogP contribution in [-0.2, 0) is 11.3 Å². The number of carbonyl (C=O) groups excluding carboxylic acids is 1. The number of nitrogen functional groups attached to an aromatic ring is 1. The summed E-state index contributed by atoms with van der Waals surface area (Å²) in [6.45, 7) is -0.0139. The van der Waals surface area contributed by atoms with E-state index in [0.717, 1.165) is 0 Å². The molecule has 0 aliphatic heterocycles. The lowest BCUT2D eigenvalue weighted by Crippen LogP contribution is -2.19. The number of rotatable bonds is 2. The third-order valence-corrected chi connectivity index (χ3v) is 1.77. The minimum Gasteiger partial charge on any atom is -0.383 e. The predicted molar refractivity (Wildman–Crippen MR) is 48.9 cm³/mol. The molecule has 2 rings (SSSR count). The predicted octanol–water partition coefficient (Wildman–Crippen LogP) is -1.11. The van der Waals surface area contributed by atoms with Gasteiger partial charge < -0.3 is 11.5 Å². The van der Waals surface area contributed by atoms with Gasteiger partial charge in [-0.05, 0) is 0 Å². The Labute approximate surface area is 78.7 Å². The number of anilines is 1. The molecular formula is C7H8N6O. The van der Waals surface area contributed by atoms with E-state index in [1.165, 1.54) is 17.2 Å². The lowest BCUT2D eigenvalue weighted by atomic mass is 10.4. The first-order valence-electron chi connectivity index (χ1n) is 3.89. The molecule has 0 saturated heterocycles. The molecule has 0 aliphatic rings. The second-order valence-electron chi connectivity index (χ2n) is 2.76. The lowest BCUT2D eigenvalue weighted by Gasteiger charge is -1.98.